The van der Waals surface area contributed by atoms with Crippen molar-refractivity contribution in [1.29, 1.82) is 0 Å². The van der Waals surface area contributed by atoms with Crippen molar-refractivity contribution in [1.82, 2.24) is 0 Å². The van der Waals surface area contributed by atoms with Gasteiger partial charge in [0.25, 0.3) is 5.91 Å². The van der Waals surface area contributed by atoms with Gasteiger partial charge in [-0.05, 0) is 12.1 Å². The molecule has 0 aliphatic heterocycles. The largest absolute Gasteiger partial charge is 0.506 e. The van der Waals surface area contributed by atoms with Gasteiger partial charge in [0.1, 0.15) is 5.75 Å². The Balaban J connectivity index is 0.00000121. The fraction of sp³-hybridized carbons (Fsp3) is 0. The maximum atomic E-state index is 10.6. The van der Waals surface area contributed by atoms with Crippen molar-refractivity contribution in [3.05, 3.63) is 23.8 Å². The first-order chi connectivity index (χ1) is 5.13. The molecule has 0 heterocycles. The van der Waals surface area contributed by atoms with Gasteiger partial charge in [-0.15, -0.1) is 12.4 Å². The normalized spacial score (nSPS) is 8.67. The molecular formula is C7H9ClN2O2. The summed E-state index contributed by atoms with van der Waals surface area (Å²) in [7, 11) is 0. The first-order valence-electron chi connectivity index (χ1n) is 3.00. The minimum absolute atomic E-state index is 0. The van der Waals surface area contributed by atoms with Crippen molar-refractivity contribution >= 4 is 24.0 Å². The minimum Gasteiger partial charge on any atom is -0.506 e. The summed E-state index contributed by atoms with van der Waals surface area (Å²) in [6.45, 7) is 0. The molecule has 1 rings (SSSR count). The number of halogens is 1. The lowest BCUT2D eigenvalue weighted by Crippen LogP contribution is -2.13. The van der Waals surface area contributed by atoms with Crippen LogP contribution in [0.15, 0.2) is 18.2 Å². The highest BCUT2D eigenvalue weighted by Crippen LogP contribution is 2.22. The zero-order valence-corrected chi connectivity index (χ0v) is 6.97. The highest BCUT2D eigenvalue weighted by molar-refractivity contribution is 5.99. The van der Waals surface area contributed by atoms with Gasteiger partial charge in [-0.25, -0.2) is 0 Å². The highest BCUT2D eigenvalue weighted by atomic mass is 35.5. The van der Waals surface area contributed by atoms with Gasteiger partial charge in [0.2, 0.25) is 0 Å². The zero-order chi connectivity index (χ0) is 8.43. The van der Waals surface area contributed by atoms with Crippen molar-refractivity contribution in [2.24, 2.45) is 5.73 Å². The zero-order valence-electron chi connectivity index (χ0n) is 6.15. The number of anilines is 1. The topological polar surface area (TPSA) is 89.3 Å². The van der Waals surface area contributed by atoms with Crippen LogP contribution in [0.2, 0.25) is 0 Å². The smallest absolute Gasteiger partial charge is 0.250 e. The highest BCUT2D eigenvalue weighted by Gasteiger charge is 2.07. The third kappa shape index (κ3) is 1.79. The van der Waals surface area contributed by atoms with Crippen LogP contribution in [-0.4, -0.2) is 11.0 Å². The monoisotopic (exact) mass is 188 g/mol. The van der Waals surface area contributed by atoms with Crippen LogP contribution < -0.4 is 11.5 Å². The summed E-state index contributed by atoms with van der Waals surface area (Å²) >= 11 is 0. The summed E-state index contributed by atoms with van der Waals surface area (Å²) in [4.78, 5) is 10.6. The Morgan fingerprint density at radius 2 is 2.00 bits per heavy atom. The molecule has 1 aromatic carbocycles. The molecule has 0 saturated heterocycles. The van der Waals surface area contributed by atoms with Gasteiger partial charge >= 0.3 is 0 Å². The van der Waals surface area contributed by atoms with Crippen LogP contribution in [0.25, 0.3) is 0 Å². The summed E-state index contributed by atoms with van der Waals surface area (Å²) < 4.78 is 0. The number of benzene rings is 1. The molecule has 1 aromatic rings. The van der Waals surface area contributed by atoms with Gasteiger partial charge in [0.05, 0.1) is 11.3 Å². The summed E-state index contributed by atoms with van der Waals surface area (Å²) in [6, 6.07) is 4.35. The average molecular weight is 189 g/mol. The van der Waals surface area contributed by atoms with E-state index in [1.54, 1.807) is 0 Å². The van der Waals surface area contributed by atoms with Gasteiger partial charge in [-0.1, -0.05) is 6.07 Å². The SMILES string of the molecule is Cl.NC(=O)c1cccc(O)c1N. The van der Waals surface area contributed by atoms with Crippen molar-refractivity contribution in [3.63, 3.8) is 0 Å². The van der Waals surface area contributed by atoms with E-state index in [9.17, 15) is 4.79 Å². The van der Waals surface area contributed by atoms with Crippen LogP contribution in [-0.2, 0) is 0 Å². The van der Waals surface area contributed by atoms with Crippen LogP contribution in [0.1, 0.15) is 10.4 Å². The summed E-state index contributed by atoms with van der Waals surface area (Å²) in [6.07, 6.45) is 0. The Bertz CT molecular complexity index is 301. The number of phenols is 1. The fourth-order valence-electron chi connectivity index (χ4n) is 0.768. The van der Waals surface area contributed by atoms with Crippen molar-refractivity contribution < 1.29 is 9.90 Å². The quantitative estimate of drug-likeness (QED) is 0.443. The lowest BCUT2D eigenvalue weighted by molar-refractivity contribution is 0.100. The molecule has 0 aromatic heterocycles. The third-order valence-corrected chi connectivity index (χ3v) is 1.35. The molecule has 0 atom stereocenters. The molecule has 66 valence electrons. The molecule has 0 fully saturated rings. The van der Waals surface area contributed by atoms with Crippen LogP contribution in [0.5, 0.6) is 5.75 Å². The predicted molar refractivity (Wildman–Crippen MR) is 48.3 cm³/mol. The van der Waals surface area contributed by atoms with Crippen molar-refractivity contribution in [2.45, 2.75) is 0 Å². The third-order valence-electron chi connectivity index (χ3n) is 1.35. The number of aromatic hydroxyl groups is 1. The van der Waals surface area contributed by atoms with Gasteiger partial charge in [-0.3, -0.25) is 4.79 Å². The van der Waals surface area contributed by atoms with E-state index in [4.69, 9.17) is 16.6 Å². The predicted octanol–water partition coefficient (Wildman–Crippen LogP) is 0.495. The first-order valence-corrected chi connectivity index (χ1v) is 3.00. The molecule has 0 aliphatic carbocycles. The van der Waals surface area contributed by atoms with Gasteiger partial charge in [0.15, 0.2) is 0 Å². The molecule has 5 N–H and O–H groups in total. The molecule has 5 heteroatoms. The average Bonchev–Trinajstić information content (AvgIpc) is 1.94. The second-order valence-electron chi connectivity index (χ2n) is 2.10. The number of primary amides is 1. The Labute approximate surface area is 75.6 Å². The van der Waals surface area contributed by atoms with Gasteiger partial charge < -0.3 is 16.6 Å². The first kappa shape index (κ1) is 10.6. The number of carbonyl (C=O) groups excluding carboxylic acids is 1. The van der Waals surface area contributed by atoms with E-state index < -0.39 is 5.91 Å². The van der Waals surface area contributed by atoms with E-state index in [-0.39, 0.29) is 29.4 Å². The second kappa shape index (κ2) is 3.82. The molecule has 0 radical (unpaired) electrons. The van der Waals surface area contributed by atoms with E-state index in [2.05, 4.69) is 0 Å². The summed E-state index contributed by atoms with van der Waals surface area (Å²) in [5, 5.41) is 9.02. The van der Waals surface area contributed by atoms with Gasteiger partial charge in [-0.2, -0.15) is 0 Å². The number of phenolic OH excluding ortho intramolecular Hbond substituents is 1. The number of rotatable bonds is 1. The molecule has 12 heavy (non-hydrogen) atoms. The van der Waals surface area contributed by atoms with E-state index >= 15 is 0 Å². The molecule has 0 saturated carbocycles. The Morgan fingerprint density at radius 1 is 1.42 bits per heavy atom. The number of amides is 1. The maximum absolute atomic E-state index is 10.6. The van der Waals surface area contributed by atoms with E-state index in [1.165, 1.54) is 18.2 Å². The molecule has 1 amide bonds. The van der Waals surface area contributed by atoms with Crippen LogP contribution in [0, 0.1) is 0 Å². The lowest BCUT2D eigenvalue weighted by atomic mass is 10.1. The van der Waals surface area contributed by atoms with Crippen LogP contribution in [0.4, 0.5) is 5.69 Å². The lowest BCUT2D eigenvalue weighted by Gasteiger charge is -2.01. The molecule has 4 nitrogen and oxygen atoms in total. The second-order valence-corrected chi connectivity index (χ2v) is 2.10. The van der Waals surface area contributed by atoms with E-state index in [0.717, 1.165) is 0 Å². The molecule has 0 unspecified atom stereocenters. The molecular weight excluding hydrogens is 180 g/mol. The Kier molecular flexibility index (Phi) is 3.37. The molecule has 0 bridgehead atoms. The molecule has 0 spiro atoms. The van der Waals surface area contributed by atoms with Crippen LogP contribution in [0.3, 0.4) is 0 Å². The van der Waals surface area contributed by atoms with Crippen LogP contribution >= 0.6 is 12.4 Å². The van der Waals surface area contributed by atoms with Crippen molar-refractivity contribution in [2.75, 3.05) is 5.73 Å². The number of carbonyl (C=O) groups is 1. The number of hydrogen-bond acceptors (Lipinski definition) is 3. The Morgan fingerprint density at radius 3 is 2.42 bits per heavy atom. The van der Waals surface area contributed by atoms with E-state index in [1.807, 2.05) is 0 Å². The minimum atomic E-state index is -0.640. The van der Waals surface area contributed by atoms with Gasteiger partial charge in [0, 0.05) is 0 Å². The number of hydrogen-bond donors (Lipinski definition) is 3. The summed E-state index contributed by atoms with van der Waals surface area (Å²) in [5.74, 6) is -0.764. The number of nitrogens with two attached hydrogens (primary N) is 2. The fourth-order valence-corrected chi connectivity index (χ4v) is 0.768. The van der Waals surface area contributed by atoms with Crippen molar-refractivity contribution in [3.8, 4) is 5.75 Å². The standard InChI is InChI=1S/C7H8N2O2.ClH/c8-6-4(7(9)11)2-1-3-5(6)10;/h1-3,10H,8H2,(H2,9,11);1H. The number of nitrogen functional groups attached to an aromatic ring is 1. The summed E-state index contributed by atoms with van der Waals surface area (Å²) in [5.41, 5.74) is 10.5. The maximum Gasteiger partial charge on any atom is 0.250 e. The number of para-hydroxylation sites is 1. The van der Waals surface area contributed by atoms with E-state index in [0.29, 0.717) is 0 Å². The Hall–Kier alpha value is -1.42. The molecule has 0 aliphatic rings.